The molecule has 0 saturated heterocycles. The fraction of sp³-hybridized carbons (Fsp3) is 0.423. The Kier molecular flexibility index (Phi) is 9.23. The van der Waals surface area contributed by atoms with Crippen LogP contribution in [0.1, 0.15) is 63.0 Å². The smallest absolute Gasteiger partial charge is 0.308 e. The van der Waals surface area contributed by atoms with Gasteiger partial charge in [-0.3, -0.25) is 9.36 Å². The predicted octanol–water partition coefficient (Wildman–Crippen LogP) is 5.62. The monoisotopic (exact) mass is 530 g/mol. The van der Waals surface area contributed by atoms with Gasteiger partial charge >= 0.3 is 5.97 Å². The number of nitroso groups, excluding NO2 is 1. The summed E-state index contributed by atoms with van der Waals surface area (Å²) in [4.78, 5) is 24.2. The summed E-state index contributed by atoms with van der Waals surface area (Å²) < 4.78 is 23.8. The summed E-state index contributed by atoms with van der Waals surface area (Å²) in [5.74, 6) is 1.11. The molecule has 0 spiro atoms. The zero-order chi connectivity index (χ0) is 27.2. The lowest BCUT2D eigenvalue weighted by Gasteiger charge is -2.21. The van der Waals surface area contributed by atoms with E-state index in [2.05, 4.69) is 22.0 Å². The summed E-state index contributed by atoms with van der Waals surface area (Å²) in [5.41, 5.74) is 0.230. The number of hydrogen-bond acceptors (Lipinski definition) is 9. The number of allylic oxidation sites excluding steroid dienone is 2. The van der Waals surface area contributed by atoms with Gasteiger partial charge in [0.15, 0.2) is 28.7 Å². The van der Waals surface area contributed by atoms with Crippen LogP contribution in [0.3, 0.4) is 0 Å². The molecule has 2 aromatic rings. The van der Waals surface area contributed by atoms with Gasteiger partial charge in [0.25, 0.3) is 0 Å². The molecule has 2 heterocycles. The topological polar surface area (TPSA) is 114 Å². The number of aromatic nitrogens is 3. The highest BCUT2D eigenvalue weighted by atomic mass is 35.5. The van der Waals surface area contributed by atoms with Gasteiger partial charge in [-0.2, -0.15) is 0 Å². The van der Waals surface area contributed by atoms with Gasteiger partial charge in [0.2, 0.25) is 0 Å². The molecule has 0 fully saturated rings. The van der Waals surface area contributed by atoms with Crippen molar-refractivity contribution in [2.24, 2.45) is 5.18 Å². The van der Waals surface area contributed by atoms with Gasteiger partial charge in [-0.05, 0) is 51.5 Å². The van der Waals surface area contributed by atoms with Gasteiger partial charge in [0, 0.05) is 10.6 Å². The first-order valence-corrected chi connectivity index (χ1v) is 12.1. The van der Waals surface area contributed by atoms with Crippen LogP contribution >= 0.6 is 11.6 Å². The number of ether oxygens (including phenoxy) is 4. The summed E-state index contributed by atoms with van der Waals surface area (Å²) in [6.07, 6.45) is 4.42. The zero-order valence-electron chi connectivity index (χ0n) is 21.6. The molecule has 1 aromatic carbocycles. The van der Waals surface area contributed by atoms with Crippen molar-refractivity contribution >= 4 is 17.6 Å². The molecule has 0 aliphatic carbocycles. The first-order chi connectivity index (χ1) is 17.7. The van der Waals surface area contributed by atoms with E-state index >= 15 is 0 Å². The highest BCUT2D eigenvalue weighted by molar-refractivity contribution is 6.30. The Morgan fingerprint density at radius 2 is 2.03 bits per heavy atom. The first-order valence-electron chi connectivity index (χ1n) is 11.7. The van der Waals surface area contributed by atoms with E-state index in [-0.39, 0.29) is 13.0 Å². The van der Waals surface area contributed by atoms with Crippen LogP contribution in [0, 0.1) is 4.91 Å². The molecule has 198 valence electrons. The van der Waals surface area contributed by atoms with Crippen molar-refractivity contribution in [2.75, 3.05) is 20.8 Å². The largest absolute Gasteiger partial charge is 0.494 e. The molecule has 10 nitrogen and oxygen atoms in total. The van der Waals surface area contributed by atoms with Crippen LogP contribution < -0.4 is 0 Å². The molecule has 0 N–H and O–H groups in total. The third kappa shape index (κ3) is 6.26. The lowest BCUT2D eigenvalue weighted by Crippen LogP contribution is -2.21. The number of methoxy groups -OCH3 is 2. The quantitative estimate of drug-likeness (QED) is 0.159. The third-order valence-electron chi connectivity index (χ3n) is 5.79. The Bertz CT molecular complexity index is 1220. The summed E-state index contributed by atoms with van der Waals surface area (Å²) in [6.45, 7) is 9.05. The van der Waals surface area contributed by atoms with Crippen molar-refractivity contribution in [3.8, 4) is 5.69 Å². The van der Waals surface area contributed by atoms with Crippen molar-refractivity contribution in [3.05, 3.63) is 81.7 Å². The molecule has 1 aliphatic rings. The first kappa shape index (κ1) is 28.1. The molecule has 1 aliphatic heterocycles. The van der Waals surface area contributed by atoms with Gasteiger partial charge in [0.1, 0.15) is 6.10 Å². The van der Waals surface area contributed by atoms with Crippen molar-refractivity contribution < 1.29 is 23.7 Å². The molecule has 11 heteroatoms. The van der Waals surface area contributed by atoms with Crippen LogP contribution in [0.2, 0.25) is 5.02 Å². The molecule has 0 radical (unpaired) electrons. The standard InChI is InChI=1S/C26H31ClN4O6/c1-7-36-23(32)15-22-24-28-29-25(26(3,4)30-33)31(24)19-13-12-17(27)14-18(19)21(37-22)11-9-8-10-20(35-6)16(2)34-5/h8-10,12-14,21-22H,2,7,11,15H2,1,3-6H3/b9-8-,20-10+. The average molecular weight is 531 g/mol. The maximum Gasteiger partial charge on any atom is 0.308 e. The van der Waals surface area contributed by atoms with E-state index in [9.17, 15) is 9.70 Å². The second kappa shape index (κ2) is 12.2. The van der Waals surface area contributed by atoms with Crippen LogP contribution in [-0.4, -0.2) is 41.6 Å². The number of fused-ring (bicyclic) bond motifs is 3. The van der Waals surface area contributed by atoms with Gasteiger partial charge in [0.05, 0.1) is 39.0 Å². The highest BCUT2D eigenvalue weighted by Gasteiger charge is 2.38. The van der Waals surface area contributed by atoms with Crippen molar-refractivity contribution in [1.29, 1.82) is 0 Å². The Morgan fingerprint density at radius 1 is 1.27 bits per heavy atom. The SMILES string of the molecule is C=C(OC)/C(=C\C=C/CC1OC(CC(=O)OCC)c2nnc(C(C)(C)N=O)n2-c2ccc(Cl)cc21)OC. The number of rotatable bonds is 11. The van der Waals surface area contributed by atoms with Gasteiger partial charge in [-0.15, -0.1) is 15.1 Å². The number of carbonyl (C=O) groups is 1. The van der Waals surface area contributed by atoms with E-state index in [1.165, 1.54) is 14.2 Å². The maximum atomic E-state index is 12.5. The maximum absolute atomic E-state index is 12.5. The number of carbonyl (C=O) groups excluding carboxylic acids is 1. The Balaban J connectivity index is 2.10. The van der Waals surface area contributed by atoms with E-state index in [4.69, 9.17) is 30.5 Å². The Labute approximate surface area is 220 Å². The molecule has 0 bridgehead atoms. The van der Waals surface area contributed by atoms with E-state index in [1.54, 1.807) is 49.6 Å². The van der Waals surface area contributed by atoms with Crippen molar-refractivity contribution in [2.45, 2.75) is 51.4 Å². The minimum absolute atomic E-state index is 0.0930. The van der Waals surface area contributed by atoms with Crippen LogP contribution in [0.5, 0.6) is 0 Å². The van der Waals surface area contributed by atoms with E-state index in [1.807, 2.05) is 12.1 Å². The number of esters is 1. The molecule has 0 amide bonds. The summed E-state index contributed by atoms with van der Waals surface area (Å²) in [7, 11) is 3.04. The van der Waals surface area contributed by atoms with Gasteiger partial charge in [-0.25, -0.2) is 0 Å². The van der Waals surface area contributed by atoms with E-state index in [0.717, 1.165) is 5.56 Å². The number of benzene rings is 1. The molecule has 2 atom stereocenters. The summed E-state index contributed by atoms with van der Waals surface area (Å²) >= 11 is 6.38. The second-order valence-electron chi connectivity index (χ2n) is 8.72. The van der Waals surface area contributed by atoms with Crippen LogP contribution in [0.4, 0.5) is 0 Å². The van der Waals surface area contributed by atoms with Crippen molar-refractivity contribution in [1.82, 2.24) is 14.8 Å². The number of nitrogens with zero attached hydrogens (tertiary/aromatic N) is 4. The average Bonchev–Trinajstić information content (AvgIpc) is 3.28. The lowest BCUT2D eigenvalue weighted by atomic mass is 10.0. The zero-order valence-corrected chi connectivity index (χ0v) is 22.3. The lowest BCUT2D eigenvalue weighted by molar-refractivity contribution is -0.148. The predicted molar refractivity (Wildman–Crippen MR) is 138 cm³/mol. The van der Waals surface area contributed by atoms with Crippen LogP contribution in [0.25, 0.3) is 5.69 Å². The van der Waals surface area contributed by atoms with Gasteiger partial charge in [-0.1, -0.05) is 35.5 Å². The highest BCUT2D eigenvalue weighted by Crippen LogP contribution is 2.42. The summed E-state index contributed by atoms with van der Waals surface area (Å²) in [5, 5.41) is 12.3. The molecular formula is C26H31ClN4O6. The van der Waals surface area contributed by atoms with E-state index < -0.39 is 23.7 Å². The fourth-order valence-corrected chi connectivity index (χ4v) is 4.11. The Morgan fingerprint density at radius 3 is 2.68 bits per heavy atom. The fourth-order valence-electron chi connectivity index (χ4n) is 3.92. The molecule has 3 rings (SSSR count). The molecule has 0 saturated carbocycles. The summed E-state index contributed by atoms with van der Waals surface area (Å²) in [6, 6.07) is 5.34. The third-order valence-corrected chi connectivity index (χ3v) is 6.02. The van der Waals surface area contributed by atoms with Gasteiger partial charge < -0.3 is 18.9 Å². The Hall–Kier alpha value is -3.50. The van der Waals surface area contributed by atoms with Crippen molar-refractivity contribution in [3.63, 3.8) is 0 Å². The second-order valence-corrected chi connectivity index (χ2v) is 9.16. The van der Waals surface area contributed by atoms with E-state index in [0.29, 0.717) is 40.3 Å². The number of hydrogen-bond donors (Lipinski definition) is 0. The minimum Gasteiger partial charge on any atom is -0.494 e. The molecular weight excluding hydrogens is 500 g/mol. The normalized spacial score (nSPS) is 17.5. The van der Waals surface area contributed by atoms with Crippen LogP contribution in [0.15, 0.2) is 59.7 Å². The van der Waals surface area contributed by atoms with Crippen LogP contribution in [-0.2, 0) is 29.3 Å². The molecule has 2 unspecified atom stereocenters. The minimum atomic E-state index is -1.19. The molecule has 1 aromatic heterocycles. The molecule has 37 heavy (non-hydrogen) atoms. The number of halogens is 1.